The molecule has 1 aromatic carbocycles. The number of hydrogen-bond donors (Lipinski definition) is 2. The number of piperazine rings is 1. The lowest BCUT2D eigenvalue weighted by molar-refractivity contribution is 0.0261. The molecule has 2 fully saturated rings. The van der Waals surface area contributed by atoms with Crippen LogP contribution in [0.25, 0.3) is 0 Å². The van der Waals surface area contributed by atoms with Crippen LogP contribution in [0.2, 0.25) is 0 Å². The first-order chi connectivity index (χ1) is 16.7. The first-order valence-electron chi connectivity index (χ1n) is 12.6. The topological polar surface area (TPSA) is 80.6 Å². The molecule has 0 bridgehead atoms. The number of benzene rings is 1. The number of hydrogen-bond acceptors (Lipinski definition) is 7. The van der Waals surface area contributed by atoms with E-state index in [-0.39, 0.29) is 18.1 Å². The van der Waals surface area contributed by atoms with E-state index >= 15 is 0 Å². The number of phenolic OH excluding ortho intramolecular Hbond substituents is 1. The van der Waals surface area contributed by atoms with E-state index in [1.807, 2.05) is 43.9 Å². The van der Waals surface area contributed by atoms with Crippen LogP contribution < -0.4 is 5.32 Å². The average molecular weight is 480 g/mol. The van der Waals surface area contributed by atoms with E-state index < -0.39 is 5.60 Å². The van der Waals surface area contributed by atoms with E-state index in [9.17, 15) is 9.90 Å². The predicted octanol–water partition coefficient (Wildman–Crippen LogP) is 2.93. The molecule has 5 rings (SSSR count). The van der Waals surface area contributed by atoms with Crippen molar-refractivity contribution in [2.45, 2.75) is 50.8 Å². The summed E-state index contributed by atoms with van der Waals surface area (Å²) in [6.07, 6.45) is 2.98. The molecule has 188 valence electrons. The Kier molecular flexibility index (Phi) is 6.25. The Bertz CT molecular complexity index is 1060. The first-order valence-corrected chi connectivity index (χ1v) is 12.6. The smallest absolute Gasteiger partial charge is 0.410 e. The van der Waals surface area contributed by atoms with E-state index in [1.165, 1.54) is 0 Å². The van der Waals surface area contributed by atoms with Crippen LogP contribution in [0.1, 0.15) is 38.7 Å². The van der Waals surface area contributed by atoms with Crippen LogP contribution in [-0.2, 0) is 4.74 Å². The molecule has 0 spiro atoms. The van der Waals surface area contributed by atoms with Gasteiger partial charge in [0.05, 0.1) is 18.3 Å². The summed E-state index contributed by atoms with van der Waals surface area (Å²) in [6.45, 7) is 15.6. The molecule has 8 heteroatoms. The highest BCUT2D eigenvalue weighted by Gasteiger charge is 2.40. The van der Waals surface area contributed by atoms with Gasteiger partial charge in [-0.15, -0.1) is 0 Å². The van der Waals surface area contributed by atoms with Gasteiger partial charge in [-0.2, -0.15) is 0 Å². The van der Waals surface area contributed by atoms with Crippen molar-refractivity contribution in [2.75, 3.05) is 45.8 Å². The molecule has 4 aliphatic rings. The Balaban J connectivity index is 1.30. The van der Waals surface area contributed by atoms with Gasteiger partial charge in [0.1, 0.15) is 17.2 Å². The van der Waals surface area contributed by atoms with Gasteiger partial charge in [0, 0.05) is 56.8 Å². The van der Waals surface area contributed by atoms with Crippen LogP contribution in [0, 0.1) is 0 Å². The number of likely N-dealkylation sites (tertiary alicyclic amines) is 1. The lowest BCUT2D eigenvalue weighted by atomic mass is 9.90. The molecule has 0 radical (unpaired) electrons. The number of allylic oxidation sites excluding steroid dienone is 1. The number of rotatable bonds is 2. The molecule has 1 amide bonds. The van der Waals surface area contributed by atoms with Gasteiger partial charge in [0.2, 0.25) is 0 Å². The Labute approximate surface area is 207 Å². The molecule has 0 saturated carbocycles. The molecular weight excluding hydrogens is 442 g/mol. The minimum atomic E-state index is -0.473. The molecule has 8 nitrogen and oxygen atoms in total. The SMILES string of the molecule is C=C1CNC2=NC[C@H]3CN(C4CCN(C(=O)OC(C)(C)C)C4)CCN3C2=CC1c1ccccc1O. The zero-order valence-corrected chi connectivity index (χ0v) is 21.0. The second-order valence-electron chi connectivity index (χ2n) is 11.0. The lowest BCUT2D eigenvalue weighted by Gasteiger charge is -2.47. The number of carbonyl (C=O) groups is 1. The summed E-state index contributed by atoms with van der Waals surface area (Å²) in [7, 11) is 0. The third-order valence-corrected chi connectivity index (χ3v) is 7.38. The fourth-order valence-electron chi connectivity index (χ4n) is 5.59. The number of nitrogens with one attached hydrogen (secondary N) is 1. The quantitative estimate of drug-likeness (QED) is 0.635. The highest BCUT2D eigenvalue weighted by Crippen LogP contribution is 2.36. The van der Waals surface area contributed by atoms with Crippen molar-refractivity contribution < 1.29 is 14.6 Å². The molecular formula is C27H37N5O3. The monoisotopic (exact) mass is 479 g/mol. The predicted molar refractivity (Wildman–Crippen MR) is 137 cm³/mol. The number of aliphatic imine (C=N–C) groups is 1. The van der Waals surface area contributed by atoms with Crippen molar-refractivity contribution in [3.05, 3.63) is 53.8 Å². The standard InChI is InChI=1S/C27H37N5O3/c1-18-14-28-25-23(13-22(18)21-7-5-6-8-24(21)33)32-12-11-30(17-20(32)15-29-25)19-9-10-31(16-19)26(34)35-27(2,3)4/h5-8,13,19-20,22,33H,1,9-12,14-17H2,2-4H3,(H,28,29)/t19?,20-,22?/m0/s1. The van der Waals surface area contributed by atoms with Gasteiger partial charge >= 0.3 is 6.09 Å². The summed E-state index contributed by atoms with van der Waals surface area (Å²) in [5, 5.41) is 14.0. The Hall–Kier alpha value is -3.00. The van der Waals surface area contributed by atoms with E-state index in [0.717, 1.165) is 68.4 Å². The number of nitrogens with zero attached hydrogens (tertiary/aromatic N) is 4. The molecule has 2 saturated heterocycles. The second kappa shape index (κ2) is 9.22. The fraction of sp³-hybridized carbons (Fsp3) is 0.556. The summed E-state index contributed by atoms with van der Waals surface area (Å²) in [5.41, 5.74) is 2.52. The zero-order chi connectivity index (χ0) is 24.7. The van der Waals surface area contributed by atoms with Crippen LogP contribution in [0.15, 0.2) is 53.2 Å². The van der Waals surface area contributed by atoms with Gasteiger partial charge in [-0.25, -0.2) is 4.79 Å². The van der Waals surface area contributed by atoms with Crippen molar-refractivity contribution in [1.29, 1.82) is 0 Å². The third-order valence-electron chi connectivity index (χ3n) is 7.38. The number of ether oxygens (including phenoxy) is 1. The summed E-state index contributed by atoms with van der Waals surface area (Å²) in [4.78, 5) is 24.3. The minimum Gasteiger partial charge on any atom is -0.508 e. The molecule has 35 heavy (non-hydrogen) atoms. The normalized spacial score (nSPS) is 27.3. The molecule has 4 heterocycles. The highest BCUT2D eigenvalue weighted by molar-refractivity contribution is 5.99. The van der Waals surface area contributed by atoms with Gasteiger partial charge in [-0.05, 0) is 44.9 Å². The van der Waals surface area contributed by atoms with Crippen molar-refractivity contribution in [1.82, 2.24) is 20.0 Å². The number of para-hydroxylation sites is 1. The van der Waals surface area contributed by atoms with Crippen molar-refractivity contribution in [3.63, 3.8) is 0 Å². The van der Waals surface area contributed by atoms with E-state index in [1.54, 1.807) is 6.07 Å². The summed E-state index contributed by atoms with van der Waals surface area (Å²) in [5.74, 6) is 1.15. The van der Waals surface area contributed by atoms with Gasteiger partial charge in [-0.1, -0.05) is 24.8 Å². The molecule has 4 aliphatic heterocycles. The summed E-state index contributed by atoms with van der Waals surface area (Å²) in [6, 6.07) is 8.15. The number of carbonyl (C=O) groups excluding carboxylic acids is 1. The molecule has 2 unspecified atom stereocenters. The maximum absolute atomic E-state index is 12.5. The van der Waals surface area contributed by atoms with Gasteiger partial charge in [-0.3, -0.25) is 9.89 Å². The van der Waals surface area contributed by atoms with Crippen molar-refractivity contribution in [2.24, 2.45) is 4.99 Å². The van der Waals surface area contributed by atoms with Crippen LogP contribution in [0.4, 0.5) is 4.79 Å². The zero-order valence-electron chi connectivity index (χ0n) is 21.0. The average Bonchev–Trinajstić information content (AvgIpc) is 3.25. The number of amides is 1. The molecule has 2 N–H and O–H groups in total. The van der Waals surface area contributed by atoms with E-state index in [2.05, 4.69) is 27.8 Å². The van der Waals surface area contributed by atoms with Crippen LogP contribution in [-0.4, -0.2) is 95.2 Å². The molecule has 3 atom stereocenters. The summed E-state index contributed by atoms with van der Waals surface area (Å²) < 4.78 is 5.58. The maximum atomic E-state index is 12.5. The number of aromatic hydroxyl groups is 1. The van der Waals surface area contributed by atoms with Crippen LogP contribution in [0.5, 0.6) is 5.75 Å². The highest BCUT2D eigenvalue weighted by atomic mass is 16.6. The van der Waals surface area contributed by atoms with E-state index in [0.29, 0.717) is 18.3 Å². The van der Waals surface area contributed by atoms with Crippen LogP contribution in [0.3, 0.4) is 0 Å². The molecule has 0 aromatic heterocycles. The van der Waals surface area contributed by atoms with Crippen LogP contribution >= 0.6 is 0 Å². The number of phenols is 1. The largest absolute Gasteiger partial charge is 0.508 e. The Morgan fingerprint density at radius 1 is 1.17 bits per heavy atom. The minimum absolute atomic E-state index is 0.0691. The van der Waals surface area contributed by atoms with Gasteiger partial charge in [0.25, 0.3) is 0 Å². The molecule has 1 aromatic rings. The Morgan fingerprint density at radius 3 is 2.74 bits per heavy atom. The lowest BCUT2D eigenvalue weighted by Crippen LogP contribution is -2.59. The third kappa shape index (κ3) is 4.89. The summed E-state index contributed by atoms with van der Waals surface area (Å²) >= 11 is 0. The first kappa shape index (κ1) is 23.7. The van der Waals surface area contributed by atoms with Gasteiger partial charge < -0.3 is 25.0 Å². The second-order valence-corrected chi connectivity index (χ2v) is 11.0. The van der Waals surface area contributed by atoms with Gasteiger partial charge in [0.15, 0.2) is 0 Å². The number of amidine groups is 1. The van der Waals surface area contributed by atoms with Crippen molar-refractivity contribution in [3.8, 4) is 5.75 Å². The van der Waals surface area contributed by atoms with Crippen molar-refractivity contribution >= 4 is 11.9 Å². The molecule has 0 aliphatic carbocycles. The maximum Gasteiger partial charge on any atom is 0.410 e. The fourth-order valence-corrected chi connectivity index (χ4v) is 5.59. The Morgan fingerprint density at radius 2 is 1.97 bits per heavy atom. The number of fused-ring (bicyclic) bond motifs is 3. The van der Waals surface area contributed by atoms with E-state index in [4.69, 9.17) is 9.73 Å².